The van der Waals surface area contributed by atoms with Crippen LogP contribution in [0.5, 0.6) is 0 Å². The number of aromatic nitrogens is 3. The molecule has 0 N–H and O–H groups in total. The van der Waals surface area contributed by atoms with Crippen molar-refractivity contribution in [1.82, 2.24) is 19.7 Å². The summed E-state index contributed by atoms with van der Waals surface area (Å²) in [6.45, 7) is 5.19. The van der Waals surface area contributed by atoms with Gasteiger partial charge < -0.3 is 0 Å². The monoisotopic (exact) mass is 240 g/mol. The summed E-state index contributed by atoms with van der Waals surface area (Å²) in [4.78, 5) is 6.90. The zero-order chi connectivity index (χ0) is 11.4. The summed E-state index contributed by atoms with van der Waals surface area (Å²) in [5.41, 5.74) is 0. The summed E-state index contributed by atoms with van der Waals surface area (Å²) < 4.78 is 1.99. The van der Waals surface area contributed by atoms with Crippen molar-refractivity contribution in [3.8, 4) is 0 Å². The van der Waals surface area contributed by atoms with Gasteiger partial charge >= 0.3 is 0 Å². The Morgan fingerprint density at radius 1 is 1.56 bits per heavy atom. The van der Waals surface area contributed by atoms with Crippen molar-refractivity contribution in [3.63, 3.8) is 0 Å². The molecular formula is C11H20N4S. The van der Waals surface area contributed by atoms with Crippen LogP contribution in [0.3, 0.4) is 0 Å². The average Bonchev–Trinajstić information content (AvgIpc) is 2.89. The molecule has 0 aliphatic carbocycles. The van der Waals surface area contributed by atoms with Crippen LogP contribution in [0, 0.1) is 0 Å². The summed E-state index contributed by atoms with van der Waals surface area (Å²) >= 11 is 1.94. The number of hydrogen-bond acceptors (Lipinski definition) is 4. The van der Waals surface area contributed by atoms with E-state index in [4.69, 9.17) is 0 Å². The standard InChI is InChI=1S/C11H20N4S/c1-3-15-11(12-9-13-15)7-14-6-4-5-10(14)8-16-2/h9-10H,3-8H2,1-2H3/t10-/m1/s1. The number of aryl methyl sites for hydroxylation is 1. The van der Waals surface area contributed by atoms with Gasteiger partial charge in [-0.05, 0) is 32.6 Å². The lowest BCUT2D eigenvalue weighted by Crippen LogP contribution is -2.31. The molecule has 1 aliphatic rings. The maximum atomic E-state index is 4.35. The number of hydrogen-bond donors (Lipinski definition) is 0. The molecule has 1 aromatic rings. The first kappa shape index (κ1) is 11.9. The minimum absolute atomic E-state index is 0.733. The second-order valence-corrected chi connectivity index (χ2v) is 5.12. The fourth-order valence-corrected chi connectivity index (χ4v) is 3.10. The number of likely N-dealkylation sites (tertiary alicyclic amines) is 1. The Morgan fingerprint density at radius 2 is 2.44 bits per heavy atom. The van der Waals surface area contributed by atoms with Crippen molar-refractivity contribution in [2.24, 2.45) is 0 Å². The molecule has 1 aliphatic heterocycles. The van der Waals surface area contributed by atoms with E-state index in [2.05, 4.69) is 28.2 Å². The van der Waals surface area contributed by atoms with Gasteiger partial charge in [-0.25, -0.2) is 9.67 Å². The molecule has 4 nitrogen and oxygen atoms in total. The van der Waals surface area contributed by atoms with Gasteiger partial charge in [0.25, 0.3) is 0 Å². The Hall–Kier alpha value is -0.550. The minimum Gasteiger partial charge on any atom is -0.292 e. The fourth-order valence-electron chi connectivity index (χ4n) is 2.34. The first-order valence-electron chi connectivity index (χ1n) is 5.94. The van der Waals surface area contributed by atoms with Crippen LogP contribution in [0.1, 0.15) is 25.6 Å². The van der Waals surface area contributed by atoms with E-state index < -0.39 is 0 Å². The van der Waals surface area contributed by atoms with Gasteiger partial charge in [0, 0.05) is 18.3 Å². The van der Waals surface area contributed by atoms with Crippen LogP contribution in [-0.2, 0) is 13.1 Å². The van der Waals surface area contributed by atoms with E-state index in [-0.39, 0.29) is 0 Å². The van der Waals surface area contributed by atoms with Gasteiger partial charge in [0.05, 0.1) is 6.54 Å². The van der Waals surface area contributed by atoms with Gasteiger partial charge in [-0.3, -0.25) is 4.90 Å². The Morgan fingerprint density at radius 3 is 3.19 bits per heavy atom. The second-order valence-electron chi connectivity index (χ2n) is 4.21. The summed E-state index contributed by atoms with van der Waals surface area (Å²) in [7, 11) is 0. The molecule has 1 atom stereocenters. The highest BCUT2D eigenvalue weighted by molar-refractivity contribution is 7.98. The van der Waals surface area contributed by atoms with Gasteiger partial charge in [0.15, 0.2) is 0 Å². The third-order valence-electron chi connectivity index (χ3n) is 3.20. The number of rotatable bonds is 5. The van der Waals surface area contributed by atoms with Crippen LogP contribution in [0.15, 0.2) is 6.33 Å². The van der Waals surface area contributed by atoms with Crippen LogP contribution < -0.4 is 0 Å². The first-order chi connectivity index (χ1) is 7.85. The molecular weight excluding hydrogens is 220 g/mol. The van der Waals surface area contributed by atoms with Gasteiger partial charge in [-0.1, -0.05) is 0 Å². The lowest BCUT2D eigenvalue weighted by molar-refractivity contribution is 0.252. The van der Waals surface area contributed by atoms with Crippen molar-refractivity contribution in [1.29, 1.82) is 0 Å². The summed E-state index contributed by atoms with van der Waals surface area (Å²) in [6, 6.07) is 0.733. The van der Waals surface area contributed by atoms with Crippen molar-refractivity contribution in [2.75, 3.05) is 18.6 Å². The summed E-state index contributed by atoms with van der Waals surface area (Å²) in [5.74, 6) is 2.34. The lowest BCUT2D eigenvalue weighted by atomic mass is 10.2. The van der Waals surface area contributed by atoms with Gasteiger partial charge in [-0.15, -0.1) is 0 Å². The van der Waals surface area contributed by atoms with E-state index >= 15 is 0 Å². The number of nitrogens with zero attached hydrogens (tertiary/aromatic N) is 4. The van der Waals surface area contributed by atoms with Crippen LogP contribution in [0.25, 0.3) is 0 Å². The van der Waals surface area contributed by atoms with E-state index in [0.717, 1.165) is 25.0 Å². The van der Waals surface area contributed by atoms with E-state index in [1.54, 1.807) is 6.33 Å². The average molecular weight is 240 g/mol. The quantitative estimate of drug-likeness (QED) is 0.783. The zero-order valence-electron chi connectivity index (χ0n) is 10.1. The Bertz CT molecular complexity index is 326. The molecule has 2 rings (SSSR count). The smallest absolute Gasteiger partial charge is 0.141 e. The summed E-state index contributed by atoms with van der Waals surface area (Å²) in [6.07, 6.45) is 6.51. The van der Waals surface area contributed by atoms with Crippen LogP contribution in [0.2, 0.25) is 0 Å². The zero-order valence-corrected chi connectivity index (χ0v) is 10.9. The molecule has 0 aromatic carbocycles. The summed E-state index contributed by atoms with van der Waals surface area (Å²) in [5, 5.41) is 4.22. The molecule has 90 valence electrons. The predicted molar refractivity (Wildman–Crippen MR) is 67.5 cm³/mol. The topological polar surface area (TPSA) is 34.0 Å². The molecule has 0 spiro atoms. The Labute approximate surface area is 101 Å². The molecule has 2 heterocycles. The van der Waals surface area contributed by atoms with Gasteiger partial charge in [0.2, 0.25) is 0 Å². The third kappa shape index (κ3) is 2.58. The lowest BCUT2D eigenvalue weighted by Gasteiger charge is -2.23. The SMILES string of the molecule is CCn1ncnc1CN1CCC[C@@H]1CSC. The molecule has 1 saturated heterocycles. The highest BCUT2D eigenvalue weighted by atomic mass is 32.2. The van der Waals surface area contributed by atoms with E-state index in [0.29, 0.717) is 0 Å². The first-order valence-corrected chi connectivity index (χ1v) is 7.34. The van der Waals surface area contributed by atoms with Crippen molar-refractivity contribution < 1.29 is 0 Å². The third-order valence-corrected chi connectivity index (χ3v) is 3.92. The minimum atomic E-state index is 0.733. The van der Waals surface area contributed by atoms with Crippen LogP contribution in [0.4, 0.5) is 0 Å². The van der Waals surface area contributed by atoms with E-state index in [1.165, 1.54) is 25.1 Å². The fraction of sp³-hybridized carbons (Fsp3) is 0.818. The molecule has 1 fully saturated rings. The molecule has 0 amide bonds. The molecule has 16 heavy (non-hydrogen) atoms. The molecule has 0 saturated carbocycles. The van der Waals surface area contributed by atoms with Gasteiger partial charge in [0.1, 0.15) is 12.2 Å². The van der Waals surface area contributed by atoms with Crippen LogP contribution in [-0.4, -0.2) is 44.3 Å². The second kappa shape index (κ2) is 5.68. The van der Waals surface area contributed by atoms with E-state index in [9.17, 15) is 0 Å². The molecule has 0 bridgehead atoms. The maximum absolute atomic E-state index is 4.35. The maximum Gasteiger partial charge on any atom is 0.141 e. The Kier molecular flexibility index (Phi) is 4.23. The highest BCUT2D eigenvalue weighted by Crippen LogP contribution is 2.21. The van der Waals surface area contributed by atoms with Gasteiger partial charge in [-0.2, -0.15) is 16.9 Å². The normalized spacial score (nSPS) is 21.8. The van der Waals surface area contributed by atoms with Crippen molar-refractivity contribution in [3.05, 3.63) is 12.2 Å². The number of thioether (sulfide) groups is 1. The largest absolute Gasteiger partial charge is 0.292 e. The van der Waals surface area contributed by atoms with Crippen molar-refractivity contribution >= 4 is 11.8 Å². The molecule has 1 aromatic heterocycles. The molecule has 5 heteroatoms. The van der Waals surface area contributed by atoms with Crippen LogP contribution >= 0.6 is 11.8 Å². The molecule has 0 radical (unpaired) electrons. The Balaban J connectivity index is 1.98. The highest BCUT2D eigenvalue weighted by Gasteiger charge is 2.25. The van der Waals surface area contributed by atoms with E-state index in [1.807, 2.05) is 16.4 Å². The molecule has 0 unspecified atom stereocenters. The van der Waals surface area contributed by atoms with Crippen molar-refractivity contribution in [2.45, 2.75) is 38.9 Å². The predicted octanol–water partition coefficient (Wildman–Crippen LogP) is 1.63.